The van der Waals surface area contributed by atoms with Gasteiger partial charge < -0.3 is 15.8 Å². The molecular formula is C14H6BF18NO2. The van der Waals surface area contributed by atoms with Crippen molar-refractivity contribution in [2.75, 3.05) is 5.73 Å². The van der Waals surface area contributed by atoms with Gasteiger partial charge in [-0.25, -0.2) is 0 Å². The molecular weight excluding hydrogens is 567 g/mol. The van der Waals surface area contributed by atoms with Crippen LogP contribution in [0.4, 0.5) is 84.7 Å². The Labute approximate surface area is 185 Å². The Kier molecular flexibility index (Phi) is 7.40. The van der Waals surface area contributed by atoms with Gasteiger partial charge in [0.05, 0.1) is 5.56 Å². The van der Waals surface area contributed by atoms with Gasteiger partial charge in [-0.1, -0.05) is 6.07 Å². The molecule has 0 atom stereocenters. The van der Waals surface area contributed by atoms with Gasteiger partial charge >= 0.3 is 55.0 Å². The summed E-state index contributed by atoms with van der Waals surface area (Å²) in [7, 11) is -3.32. The molecule has 0 amide bonds. The van der Waals surface area contributed by atoms with E-state index in [0.29, 0.717) is 0 Å². The SMILES string of the molecule is Nc1cc(B(O)O)cc(C(F)(F)C(F)(F)C(F)(F)C(F)(F)F)c1C(F)(F)C(F)(F)C(F)(F)C(F)(F)F. The zero-order chi connectivity index (χ0) is 29.3. The maximum absolute atomic E-state index is 14.4. The van der Waals surface area contributed by atoms with E-state index in [1.807, 2.05) is 0 Å². The third kappa shape index (κ3) is 4.28. The smallest absolute Gasteiger partial charge is 0.423 e. The van der Waals surface area contributed by atoms with Crippen LogP contribution in [0, 0.1) is 0 Å². The number of halogens is 18. The fraction of sp³-hybridized carbons (Fsp3) is 0.571. The van der Waals surface area contributed by atoms with Crippen LogP contribution in [0.15, 0.2) is 12.1 Å². The Morgan fingerprint density at radius 3 is 1.17 bits per heavy atom. The first-order valence-corrected chi connectivity index (χ1v) is 8.15. The van der Waals surface area contributed by atoms with Crippen LogP contribution in [0.5, 0.6) is 0 Å². The number of rotatable bonds is 7. The molecule has 36 heavy (non-hydrogen) atoms. The number of hydrogen-bond donors (Lipinski definition) is 3. The predicted molar refractivity (Wildman–Crippen MR) is 80.4 cm³/mol. The molecule has 0 heterocycles. The van der Waals surface area contributed by atoms with Crippen molar-refractivity contribution < 1.29 is 89.1 Å². The van der Waals surface area contributed by atoms with Crippen molar-refractivity contribution in [3.05, 3.63) is 23.3 Å². The minimum atomic E-state index is -7.95. The molecule has 22 heteroatoms. The third-order valence-electron chi connectivity index (χ3n) is 4.43. The molecule has 0 aromatic heterocycles. The second kappa shape index (κ2) is 8.38. The summed E-state index contributed by atoms with van der Waals surface area (Å²) in [5.74, 6) is -46.6. The van der Waals surface area contributed by atoms with Crippen LogP contribution in [-0.2, 0) is 11.8 Å². The molecule has 0 radical (unpaired) electrons. The largest absolute Gasteiger partial charge is 0.488 e. The van der Waals surface area contributed by atoms with Crippen molar-refractivity contribution in [3.8, 4) is 0 Å². The molecule has 3 nitrogen and oxygen atoms in total. The van der Waals surface area contributed by atoms with Gasteiger partial charge in [-0.3, -0.25) is 0 Å². The van der Waals surface area contributed by atoms with Crippen molar-refractivity contribution in [2.45, 2.75) is 47.9 Å². The van der Waals surface area contributed by atoms with Crippen LogP contribution < -0.4 is 11.2 Å². The van der Waals surface area contributed by atoms with Crippen LogP contribution in [0.3, 0.4) is 0 Å². The standard InChI is InChI=1S/C14H6BF18NO2/c16-7(17,9(20,21)11(24,25)13(28,29)30)4-1-3(15(35)36)2-5(34)6(4)8(18,19)10(22,23)12(26,27)14(31,32)33/h1-2,35-36H,34H2. The van der Waals surface area contributed by atoms with Gasteiger partial charge in [0.25, 0.3) is 0 Å². The fourth-order valence-electron chi connectivity index (χ4n) is 2.51. The summed E-state index contributed by atoms with van der Waals surface area (Å²) >= 11 is 0. The second-order valence-corrected chi connectivity index (χ2v) is 6.85. The first-order chi connectivity index (χ1) is 15.4. The Morgan fingerprint density at radius 1 is 0.528 bits per heavy atom. The van der Waals surface area contributed by atoms with Gasteiger partial charge in [-0.05, 0) is 11.5 Å². The van der Waals surface area contributed by atoms with Gasteiger partial charge in [0, 0.05) is 11.3 Å². The average Bonchev–Trinajstić information content (AvgIpc) is 2.64. The fourth-order valence-corrected chi connectivity index (χ4v) is 2.51. The van der Waals surface area contributed by atoms with Gasteiger partial charge in [0.1, 0.15) is 0 Å². The predicted octanol–water partition coefficient (Wildman–Crippen LogP) is 4.80. The van der Waals surface area contributed by atoms with Crippen molar-refractivity contribution >= 4 is 18.3 Å². The molecule has 0 saturated carbocycles. The highest BCUT2D eigenvalue weighted by atomic mass is 19.4. The van der Waals surface area contributed by atoms with Crippen LogP contribution in [0.25, 0.3) is 0 Å². The minimum absolute atomic E-state index is 0.560. The number of benzene rings is 1. The van der Waals surface area contributed by atoms with E-state index in [9.17, 15) is 79.0 Å². The quantitative estimate of drug-likeness (QED) is 0.250. The van der Waals surface area contributed by atoms with Crippen LogP contribution >= 0.6 is 0 Å². The lowest BCUT2D eigenvalue weighted by atomic mass is 9.75. The Balaban J connectivity index is 4.23. The summed E-state index contributed by atoms with van der Waals surface area (Å²) in [6.07, 6.45) is -15.2. The molecule has 0 bridgehead atoms. The molecule has 4 N–H and O–H groups in total. The molecule has 1 rings (SSSR count). The molecule has 0 unspecified atom stereocenters. The lowest BCUT2D eigenvalue weighted by Gasteiger charge is -2.38. The monoisotopic (exact) mass is 573 g/mol. The molecule has 0 aliphatic carbocycles. The van der Waals surface area contributed by atoms with E-state index < -0.39 is 89.4 Å². The summed E-state index contributed by atoms with van der Waals surface area (Å²) in [4.78, 5) is 0. The number of nitrogens with two attached hydrogens (primary N) is 1. The summed E-state index contributed by atoms with van der Waals surface area (Å²) in [6.45, 7) is 0. The summed E-state index contributed by atoms with van der Waals surface area (Å²) < 4.78 is 239. The Hall–Kier alpha value is -2.26. The summed E-state index contributed by atoms with van der Waals surface area (Å²) in [5, 5.41) is 17.7. The maximum atomic E-state index is 14.4. The van der Waals surface area contributed by atoms with Crippen molar-refractivity contribution in [2.24, 2.45) is 0 Å². The topological polar surface area (TPSA) is 66.5 Å². The van der Waals surface area contributed by atoms with Crippen LogP contribution in [0.1, 0.15) is 11.1 Å². The number of hydrogen-bond acceptors (Lipinski definition) is 3. The highest BCUT2D eigenvalue weighted by Crippen LogP contribution is 2.62. The second-order valence-electron chi connectivity index (χ2n) is 6.85. The third-order valence-corrected chi connectivity index (χ3v) is 4.43. The zero-order valence-corrected chi connectivity index (χ0v) is 16.0. The molecule has 0 fully saturated rings. The van der Waals surface area contributed by atoms with E-state index in [4.69, 9.17) is 10.0 Å². The van der Waals surface area contributed by atoms with Crippen molar-refractivity contribution in [1.82, 2.24) is 0 Å². The lowest BCUT2D eigenvalue weighted by molar-refractivity contribution is -0.404. The molecule has 1 aromatic rings. The highest BCUT2D eigenvalue weighted by Gasteiger charge is 2.85. The first-order valence-electron chi connectivity index (χ1n) is 8.15. The molecule has 0 aliphatic rings. The zero-order valence-electron chi connectivity index (χ0n) is 16.0. The van der Waals surface area contributed by atoms with E-state index >= 15 is 0 Å². The van der Waals surface area contributed by atoms with E-state index in [-0.39, 0.29) is 0 Å². The number of alkyl halides is 18. The minimum Gasteiger partial charge on any atom is -0.423 e. The van der Waals surface area contributed by atoms with E-state index in [1.54, 1.807) is 0 Å². The molecule has 0 spiro atoms. The number of anilines is 1. The van der Waals surface area contributed by atoms with Crippen molar-refractivity contribution in [3.63, 3.8) is 0 Å². The van der Waals surface area contributed by atoms with E-state index in [2.05, 4.69) is 5.73 Å². The first kappa shape index (κ1) is 31.8. The number of nitrogen functional groups attached to an aromatic ring is 1. The van der Waals surface area contributed by atoms with Crippen LogP contribution in [0.2, 0.25) is 0 Å². The van der Waals surface area contributed by atoms with E-state index in [1.165, 1.54) is 0 Å². The van der Waals surface area contributed by atoms with Crippen LogP contribution in [-0.4, -0.2) is 53.2 Å². The van der Waals surface area contributed by atoms with E-state index in [0.717, 1.165) is 0 Å². The summed E-state index contributed by atoms with van der Waals surface area (Å²) in [5.41, 5.74) is -7.69. The normalized spacial score (nSPS) is 15.3. The van der Waals surface area contributed by atoms with Gasteiger partial charge in [0.2, 0.25) is 0 Å². The Bertz CT molecular complexity index is 983. The lowest BCUT2D eigenvalue weighted by Crippen LogP contribution is -2.62. The van der Waals surface area contributed by atoms with Crippen molar-refractivity contribution in [1.29, 1.82) is 0 Å². The molecule has 0 aliphatic heterocycles. The molecule has 0 saturated heterocycles. The Morgan fingerprint density at radius 2 is 0.861 bits per heavy atom. The van der Waals surface area contributed by atoms with Gasteiger partial charge in [-0.2, -0.15) is 79.0 Å². The molecule has 1 aromatic carbocycles. The maximum Gasteiger partial charge on any atom is 0.488 e. The molecule has 208 valence electrons. The van der Waals surface area contributed by atoms with Gasteiger partial charge in [0.15, 0.2) is 0 Å². The summed E-state index contributed by atoms with van der Waals surface area (Å²) in [6, 6.07) is -1.82. The van der Waals surface area contributed by atoms with Gasteiger partial charge in [-0.15, -0.1) is 0 Å². The highest BCUT2D eigenvalue weighted by molar-refractivity contribution is 6.58. The average molecular weight is 573 g/mol.